The number of amidine groups is 1. The zero-order valence-electron chi connectivity index (χ0n) is 8.12. The highest BCUT2D eigenvalue weighted by atomic mass is 15.1. The molecular formula is C10H11N5. The smallest absolute Gasteiger partial charge is 0.198 e. The molecule has 0 fully saturated rings. The molecule has 0 saturated carbocycles. The second-order valence-electron chi connectivity index (χ2n) is 3.51. The quantitative estimate of drug-likeness (QED) is 0.628. The minimum absolute atomic E-state index is 0.448. The highest BCUT2D eigenvalue weighted by Gasteiger charge is 2.09. The van der Waals surface area contributed by atoms with Crippen LogP contribution in [-0.4, -0.2) is 28.9 Å². The maximum Gasteiger partial charge on any atom is 0.198 e. The fraction of sp³-hybridized carbons (Fsp3) is 0.200. The van der Waals surface area contributed by atoms with E-state index >= 15 is 0 Å². The summed E-state index contributed by atoms with van der Waals surface area (Å²) in [6, 6.07) is 5.95. The second-order valence-corrected chi connectivity index (χ2v) is 3.51. The predicted molar refractivity (Wildman–Crippen MR) is 59.9 cm³/mol. The van der Waals surface area contributed by atoms with Crippen molar-refractivity contribution in [3.05, 3.63) is 23.8 Å². The Morgan fingerprint density at radius 3 is 3.07 bits per heavy atom. The molecule has 3 rings (SSSR count). The van der Waals surface area contributed by atoms with Crippen LogP contribution in [0.1, 0.15) is 5.56 Å². The molecule has 0 radical (unpaired) electrons. The first-order valence-corrected chi connectivity index (χ1v) is 4.87. The number of anilines is 1. The summed E-state index contributed by atoms with van der Waals surface area (Å²) in [5.74, 6) is 1.40. The van der Waals surface area contributed by atoms with Gasteiger partial charge in [0.25, 0.3) is 0 Å². The zero-order valence-corrected chi connectivity index (χ0v) is 8.12. The second kappa shape index (κ2) is 2.98. The Kier molecular flexibility index (Phi) is 1.65. The number of nitrogen functional groups attached to an aromatic ring is 1. The van der Waals surface area contributed by atoms with Gasteiger partial charge in [0, 0.05) is 12.1 Å². The van der Waals surface area contributed by atoms with Gasteiger partial charge in [0.2, 0.25) is 0 Å². The van der Waals surface area contributed by atoms with E-state index in [1.807, 2.05) is 18.2 Å². The first-order chi connectivity index (χ1) is 7.33. The molecule has 15 heavy (non-hydrogen) atoms. The molecule has 5 nitrogen and oxygen atoms in total. The highest BCUT2D eigenvalue weighted by Crippen LogP contribution is 2.15. The van der Waals surface area contributed by atoms with Crippen molar-refractivity contribution in [3.63, 3.8) is 0 Å². The zero-order chi connectivity index (χ0) is 10.3. The van der Waals surface area contributed by atoms with E-state index in [2.05, 4.69) is 20.3 Å². The molecular weight excluding hydrogens is 190 g/mol. The maximum atomic E-state index is 5.58. The third kappa shape index (κ3) is 1.32. The van der Waals surface area contributed by atoms with Gasteiger partial charge in [-0.05, 0) is 18.2 Å². The molecule has 2 heterocycles. The molecule has 4 N–H and O–H groups in total. The Balaban J connectivity index is 2.12. The number of aromatic nitrogens is 2. The molecule has 0 atom stereocenters. The van der Waals surface area contributed by atoms with Crippen molar-refractivity contribution in [1.82, 2.24) is 15.3 Å². The molecule has 0 amide bonds. The van der Waals surface area contributed by atoms with Gasteiger partial charge in [-0.3, -0.25) is 4.99 Å². The number of aromatic amines is 1. The normalized spacial score (nSPS) is 15.3. The lowest BCUT2D eigenvalue weighted by Gasteiger charge is -2.01. The number of hydrogen-bond donors (Lipinski definition) is 3. The Bertz CT molecular complexity index is 540. The average Bonchev–Trinajstić information content (AvgIpc) is 2.82. The van der Waals surface area contributed by atoms with Crippen molar-refractivity contribution in [2.45, 2.75) is 0 Å². The standard InChI is InChI=1S/C10H11N5/c11-10-14-7-2-1-6(5-8(7)15-10)9-12-3-4-13-9/h1-2,5H,3-4H2,(H,12,13)(H3,11,14,15). The van der Waals surface area contributed by atoms with Gasteiger partial charge >= 0.3 is 0 Å². The van der Waals surface area contributed by atoms with Crippen LogP contribution in [0.5, 0.6) is 0 Å². The Hall–Kier alpha value is -2.04. The number of nitrogens with one attached hydrogen (secondary N) is 2. The Morgan fingerprint density at radius 1 is 1.33 bits per heavy atom. The lowest BCUT2D eigenvalue weighted by molar-refractivity contribution is 0.960. The van der Waals surface area contributed by atoms with Crippen LogP contribution in [-0.2, 0) is 0 Å². The molecule has 1 aliphatic heterocycles. The first kappa shape index (κ1) is 8.28. The number of nitrogens with two attached hydrogens (primary N) is 1. The van der Waals surface area contributed by atoms with E-state index in [-0.39, 0.29) is 0 Å². The summed E-state index contributed by atoms with van der Waals surface area (Å²) in [6.07, 6.45) is 0. The highest BCUT2D eigenvalue weighted by molar-refractivity contribution is 6.02. The van der Waals surface area contributed by atoms with Crippen LogP contribution < -0.4 is 11.1 Å². The predicted octanol–water partition coefficient (Wildman–Crippen LogP) is 0.495. The number of rotatable bonds is 1. The van der Waals surface area contributed by atoms with Crippen molar-refractivity contribution in [2.24, 2.45) is 4.99 Å². The summed E-state index contributed by atoms with van der Waals surface area (Å²) < 4.78 is 0. The summed E-state index contributed by atoms with van der Waals surface area (Å²) in [7, 11) is 0. The minimum atomic E-state index is 0.448. The molecule has 1 aromatic carbocycles. The third-order valence-corrected chi connectivity index (χ3v) is 2.45. The number of hydrogen-bond acceptors (Lipinski definition) is 4. The number of nitrogens with zero attached hydrogens (tertiary/aromatic N) is 2. The van der Waals surface area contributed by atoms with Gasteiger partial charge in [-0.2, -0.15) is 0 Å². The fourth-order valence-corrected chi connectivity index (χ4v) is 1.77. The van der Waals surface area contributed by atoms with Crippen LogP contribution in [0.25, 0.3) is 11.0 Å². The number of fused-ring (bicyclic) bond motifs is 1. The minimum Gasteiger partial charge on any atom is -0.369 e. The molecule has 1 aromatic heterocycles. The van der Waals surface area contributed by atoms with Crippen LogP contribution in [0.15, 0.2) is 23.2 Å². The van der Waals surface area contributed by atoms with Gasteiger partial charge < -0.3 is 16.0 Å². The summed E-state index contributed by atoms with van der Waals surface area (Å²) in [4.78, 5) is 11.5. The van der Waals surface area contributed by atoms with Crippen LogP contribution in [0, 0.1) is 0 Å². The summed E-state index contributed by atoms with van der Waals surface area (Å²) >= 11 is 0. The molecule has 0 saturated heterocycles. The van der Waals surface area contributed by atoms with Crippen LogP contribution in [0.4, 0.5) is 5.95 Å². The molecule has 0 bridgehead atoms. The van der Waals surface area contributed by atoms with Gasteiger partial charge in [0.15, 0.2) is 5.95 Å². The third-order valence-electron chi connectivity index (χ3n) is 2.45. The van der Waals surface area contributed by atoms with E-state index in [0.717, 1.165) is 35.5 Å². The molecule has 1 aliphatic rings. The maximum absolute atomic E-state index is 5.58. The fourth-order valence-electron chi connectivity index (χ4n) is 1.77. The van der Waals surface area contributed by atoms with Crippen molar-refractivity contribution in [2.75, 3.05) is 18.8 Å². The lowest BCUT2D eigenvalue weighted by atomic mass is 10.2. The molecule has 76 valence electrons. The van der Waals surface area contributed by atoms with Crippen molar-refractivity contribution >= 4 is 22.8 Å². The van der Waals surface area contributed by atoms with E-state index in [9.17, 15) is 0 Å². The van der Waals surface area contributed by atoms with Crippen LogP contribution in [0.3, 0.4) is 0 Å². The summed E-state index contributed by atoms with van der Waals surface area (Å²) in [5.41, 5.74) is 8.48. The lowest BCUT2D eigenvalue weighted by Crippen LogP contribution is -2.19. The molecule has 0 aliphatic carbocycles. The van der Waals surface area contributed by atoms with Crippen LogP contribution in [0.2, 0.25) is 0 Å². The molecule has 2 aromatic rings. The number of benzene rings is 1. The number of imidazole rings is 1. The Labute approximate surface area is 86.4 Å². The summed E-state index contributed by atoms with van der Waals surface area (Å²) in [5, 5.41) is 3.23. The molecule has 0 unspecified atom stereocenters. The van der Waals surface area contributed by atoms with E-state index in [1.165, 1.54) is 0 Å². The van der Waals surface area contributed by atoms with E-state index in [4.69, 9.17) is 5.73 Å². The van der Waals surface area contributed by atoms with E-state index in [1.54, 1.807) is 0 Å². The average molecular weight is 201 g/mol. The largest absolute Gasteiger partial charge is 0.369 e. The molecule has 0 spiro atoms. The van der Waals surface area contributed by atoms with E-state index in [0.29, 0.717) is 5.95 Å². The number of H-pyrrole nitrogens is 1. The van der Waals surface area contributed by atoms with Crippen LogP contribution >= 0.6 is 0 Å². The number of aliphatic imine (C=N–C) groups is 1. The van der Waals surface area contributed by atoms with Gasteiger partial charge in [0.05, 0.1) is 17.6 Å². The topological polar surface area (TPSA) is 79.1 Å². The monoisotopic (exact) mass is 201 g/mol. The summed E-state index contributed by atoms with van der Waals surface area (Å²) in [6.45, 7) is 1.76. The van der Waals surface area contributed by atoms with Gasteiger partial charge in [-0.1, -0.05) is 0 Å². The SMILES string of the molecule is Nc1nc2ccc(C3=NCCN3)cc2[nH]1. The molecule has 5 heteroatoms. The van der Waals surface area contributed by atoms with Crippen molar-refractivity contribution in [3.8, 4) is 0 Å². The van der Waals surface area contributed by atoms with Gasteiger partial charge in [0.1, 0.15) is 5.84 Å². The van der Waals surface area contributed by atoms with Gasteiger partial charge in [-0.25, -0.2) is 4.98 Å². The van der Waals surface area contributed by atoms with Crippen molar-refractivity contribution in [1.29, 1.82) is 0 Å². The van der Waals surface area contributed by atoms with E-state index < -0.39 is 0 Å². The Morgan fingerprint density at radius 2 is 2.27 bits per heavy atom. The first-order valence-electron chi connectivity index (χ1n) is 4.87. The van der Waals surface area contributed by atoms with Gasteiger partial charge in [-0.15, -0.1) is 0 Å². The van der Waals surface area contributed by atoms with Crippen molar-refractivity contribution < 1.29 is 0 Å².